The highest BCUT2D eigenvalue weighted by molar-refractivity contribution is 6.06. The smallest absolute Gasteiger partial charge is 0.332 e. The van der Waals surface area contributed by atoms with Crippen LogP contribution >= 0.6 is 0 Å². The lowest BCUT2D eigenvalue weighted by molar-refractivity contribution is 0.249. The fraction of sp³-hybridized carbons (Fsp3) is 0.273. The van der Waals surface area contributed by atoms with Gasteiger partial charge in [-0.05, 0) is 12.0 Å². The second kappa shape index (κ2) is 3.73. The second-order valence-electron chi connectivity index (χ2n) is 3.74. The number of urea groups is 1. The first-order valence-corrected chi connectivity index (χ1v) is 4.90. The van der Waals surface area contributed by atoms with Crippen molar-refractivity contribution in [3.05, 3.63) is 35.4 Å². The van der Waals surface area contributed by atoms with E-state index < -0.39 is 6.03 Å². The van der Waals surface area contributed by atoms with Gasteiger partial charge in [-0.15, -0.1) is 0 Å². The van der Waals surface area contributed by atoms with E-state index in [-0.39, 0.29) is 0 Å². The number of nitrogens with one attached hydrogen (secondary N) is 1. The second-order valence-corrected chi connectivity index (χ2v) is 3.74. The van der Waals surface area contributed by atoms with Gasteiger partial charge in [-0.1, -0.05) is 31.2 Å². The molecule has 15 heavy (non-hydrogen) atoms. The lowest BCUT2D eigenvalue weighted by atomic mass is 10.1. The largest absolute Gasteiger partial charge is 0.350 e. The number of carbonyl (C=O) groups is 1. The molecule has 4 heteroatoms. The maximum atomic E-state index is 10.6. The minimum Gasteiger partial charge on any atom is -0.350 e. The van der Waals surface area contributed by atoms with Crippen LogP contribution in [0, 0.1) is 5.92 Å². The molecule has 3 N–H and O–H groups in total. The number of hydrazone groups is 1. The van der Waals surface area contributed by atoms with Gasteiger partial charge >= 0.3 is 6.03 Å². The van der Waals surface area contributed by atoms with E-state index in [0.29, 0.717) is 5.92 Å². The van der Waals surface area contributed by atoms with Crippen LogP contribution in [0.1, 0.15) is 18.1 Å². The summed E-state index contributed by atoms with van der Waals surface area (Å²) < 4.78 is 0. The van der Waals surface area contributed by atoms with Crippen LogP contribution in [0.5, 0.6) is 0 Å². The lowest BCUT2D eigenvalue weighted by Crippen LogP contribution is -2.26. The molecule has 0 aliphatic heterocycles. The van der Waals surface area contributed by atoms with Crippen molar-refractivity contribution in [2.24, 2.45) is 16.8 Å². The van der Waals surface area contributed by atoms with Crippen molar-refractivity contribution in [1.29, 1.82) is 0 Å². The van der Waals surface area contributed by atoms with Gasteiger partial charge in [0.1, 0.15) is 0 Å². The van der Waals surface area contributed by atoms with Crippen LogP contribution in [0.2, 0.25) is 0 Å². The van der Waals surface area contributed by atoms with Crippen molar-refractivity contribution in [2.45, 2.75) is 13.3 Å². The van der Waals surface area contributed by atoms with Gasteiger partial charge in [0.2, 0.25) is 0 Å². The highest BCUT2D eigenvalue weighted by Crippen LogP contribution is 2.26. The third-order valence-corrected chi connectivity index (χ3v) is 2.57. The molecule has 1 aliphatic rings. The Kier molecular flexibility index (Phi) is 2.41. The van der Waals surface area contributed by atoms with E-state index in [0.717, 1.165) is 17.7 Å². The molecule has 0 bridgehead atoms. The molecule has 0 fully saturated rings. The van der Waals surface area contributed by atoms with E-state index >= 15 is 0 Å². The number of fused-ring (bicyclic) bond motifs is 1. The Hall–Kier alpha value is -1.84. The van der Waals surface area contributed by atoms with Crippen molar-refractivity contribution < 1.29 is 4.79 Å². The maximum Gasteiger partial charge on any atom is 0.332 e. The Morgan fingerprint density at radius 2 is 2.27 bits per heavy atom. The van der Waals surface area contributed by atoms with Crippen molar-refractivity contribution in [3.63, 3.8) is 0 Å². The Labute approximate surface area is 88.2 Å². The number of hydrogen-bond donors (Lipinski definition) is 2. The molecular weight excluding hydrogens is 190 g/mol. The summed E-state index contributed by atoms with van der Waals surface area (Å²) in [5.41, 5.74) is 10.6. The predicted molar refractivity (Wildman–Crippen MR) is 58.6 cm³/mol. The van der Waals surface area contributed by atoms with Crippen molar-refractivity contribution >= 4 is 11.7 Å². The normalized spacial score (nSPS) is 21.4. The summed E-state index contributed by atoms with van der Waals surface area (Å²) in [4.78, 5) is 10.6. The van der Waals surface area contributed by atoms with Gasteiger partial charge in [-0.2, -0.15) is 5.10 Å². The standard InChI is InChI=1S/C11H13N3O/c1-7-6-8-4-2-3-5-9(8)10(7)13-14-11(12)15/h2-5,7H,6H2,1H3,(H3,12,14,15)/b13-10-. The van der Waals surface area contributed by atoms with Crippen molar-refractivity contribution in [1.82, 2.24) is 5.43 Å². The Bertz CT molecular complexity index is 426. The molecule has 1 unspecified atom stereocenters. The highest BCUT2D eigenvalue weighted by Gasteiger charge is 2.24. The fourth-order valence-electron chi connectivity index (χ4n) is 1.93. The Morgan fingerprint density at radius 1 is 1.53 bits per heavy atom. The van der Waals surface area contributed by atoms with Crippen LogP contribution in [0.15, 0.2) is 29.4 Å². The van der Waals surface area contributed by atoms with Crippen LogP contribution in [-0.2, 0) is 6.42 Å². The molecule has 0 spiro atoms. The van der Waals surface area contributed by atoms with Gasteiger partial charge in [0.25, 0.3) is 0 Å². The van der Waals surface area contributed by atoms with Gasteiger partial charge in [0.15, 0.2) is 0 Å². The maximum absolute atomic E-state index is 10.6. The summed E-state index contributed by atoms with van der Waals surface area (Å²) in [6.07, 6.45) is 0.968. The summed E-state index contributed by atoms with van der Waals surface area (Å²) in [5, 5.41) is 4.04. The first kappa shape index (κ1) is 9.71. The average molecular weight is 203 g/mol. The monoisotopic (exact) mass is 203 g/mol. The van der Waals surface area contributed by atoms with Gasteiger partial charge in [0.05, 0.1) is 5.71 Å². The molecule has 78 valence electrons. The first-order valence-electron chi connectivity index (χ1n) is 4.90. The number of nitrogens with two attached hydrogens (primary N) is 1. The summed E-state index contributed by atoms with van der Waals surface area (Å²) in [6, 6.07) is 7.45. The minimum absolute atomic E-state index is 0.328. The van der Waals surface area contributed by atoms with E-state index in [1.165, 1.54) is 5.56 Å². The molecular formula is C11H13N3O. The highest BCUT2D eigenvalue weighted by atomic mass is 16.2. The number of rotatable bonds is 1. The summed E-state index contributed by atoms with van der Waals surface area (Å²) in [6.45, 7) is 2.08. The zero-order valence-electron chi connectivity index (χ0n) is 8.53. The third kappa shape index (κ3) is 1.83. The minimum atomic E-state index is -0.626. The predicted octanol–water partition coefficient (Wildman–Crippen LogP) is 1.25. The van der Waals surface area contributed by atoms with E-state index in [4.69, 9.17) is 5.73 Å². The topological polar surface area (TPSA) is 67.5 Å². The molecule has 0 radical (unpaired) electrons. The van der Waals surface area contributed by atoms with E-state index in [9.17, 15) is 4.79 Å². The lowest BCUT2D eigenvalue weighted by Gasteiger charge is -2.03. The molecule has 2 rings (SSSR count). The summed E-state index contributed by atoms with van der Waals surface area (Å²) >= 11 is 0. The number of amides is 2. The molecule has 4 nitrogen and oxygen atoms in total. The number of hydrogen-bond acceptors (Lipinski definition) is 2. The molecule has 0 aromatic heterocycles. The molecule has 2 amide bonds. The van der Waals surface area contributed by atoms with Gasteiger partial charge < -0.3 is 5.73 Å². The van der Waals surface area contributed by atoms with Gasteiger partial charge in [-0.3, -0.25) is 0 Å². The number of carbonyl (C=O) groups excluding carboxylic acids is 1. The van der Waals surface area contributed by atoms with E-state index in [1.807, 2.05) is 18.2 Å². The zero-order valence-corrected chi connectivity index (χ0v) is 8.53. The molecule has 0 heterocycles. The van der Waals surface area contributed by atoms with Gasteiger partial charge in [0, 0.05) is 11.5 Å². The quantitative estimate of drug-likeness (QED) is 0.663. The summed E-state index contributed by atoms with van der Waals surface area (Å²) in [5.74, 6) is 0.328. The molecule has 1 aromatic rings. The van der Waals surface area contributed by atoms with Crippen LogP contribution < -0.4 is 11.2 Å². The zero-order chi connectivity index (χ0) is 10.8. The first-order chi connectivity index (χ1) is 7.18. The molecule has 1 aliphatic carbocycles. The third-order valence-electron chi connectivity index (χ3n) is 2.57. The average Bonchev–Trinajstić information content (AvgIpc) is 2.50. The van der Waals surface area contributed by atoms with Crippen LogP contribution in [-0.4, -0.2) is 11.7 Å². The van der Waals surface area contributed by atoms with E-state index in [2.05, 4.69) is 23.5 Å². The van der Waals surface area contributed by atoms with Crippen LogP contribution in [0.4, 0.5) is 4.79 Å². The fourth-order valence-corrected chi connectivity index (χ4v) is 1.93. The van der Waals surface area contributed by atoms with Crippen molar-refractivity contribution in [2.75, 3.05) is 0 Å². The SMILES string of the molecule is CC1Cc2ccccc2/C1=N\NC(N)=O. The molecule has 0 saturated heterocycles. The molecule has 1 aromatic carbocycles. The van der Waals surface area contributed by atoms with E-state index in [1.54, 1.807) is 0 Å². The van der Waals surface area contributed by atoms with Crippen molar-refractivity contribution in [3.8, 4) is 0 Å². The van der Waals surface area contributed by atoms with Gasteiger partial charge in [-0.25, -0.2) is 10.2 Å². The van der Waals surface area contributed by atoms with Crippen LogP contribution in [0.3, 0.4) is 0 Å². The Morgan fingerprint density at radius 3 is 3.00 bits per heavy atom. The molecule has 0 saturated carbocycles. The number of benzene rings is 1. The summed E-state index contributed by atoms with van der Waals surface area (Å²) in [7, 11) is 0. The Balaban J connectivity index is 2.33. The number of primary amides is 1. The molecule has 1 atom stereocenters. The van der Waals surface area contributed by atoms with Crippen LogP contribution in [0.25, 0.3) is 0 Å². The number of nitrogens with zero attached hydrogens (tertiary/aromatic N) is 1.